The number of β-amino-alcohol motifs (C(OH)–C–C–N with tert-alkyl or cyclic N) is 1. The monoisotopic (exact) mass is 281 g/mol. The summed E-state index contributed by atoms with van der Waals surface area (Å²) in [4.78, 5) is 2.33. The van der Waals surface area contributed by atoms with Gasteiger partial charge < -0.3 is 23.9 Å². The van der Waals surface area contributed by atoms with Crippen LogP contribution in [0, 0.1) is 5.41 Å². The highest BCUT2D eigenvalue weighted by molar-refractivity contribution is 4.96. The van der Waals surface area contributed by atoms with E-state index in [-0.39, 0.29) is 0 Å². The summed E-state index contributed by atoms with van der Waals surface area (Å²) in [6.07, 6.45) is 3.53. The molecule has 1 aromatic heterocycles. The number of ether oxygens (including phenoxy) is 2. The minimum Gasteiger partial charge on any atom is -0.467 e. The summed E-state index contributed by atoms with van der Waals surface area (Å²) in [6, 6.07) is 3.71. The molecule has 5 heteroatoms. The summed E-state index contributed by atoms with van der Waals surface area (Å²) >= 11 is 0. The highest BCUT2D eigenvalue weighted by Gasteiger charge is 2.41. The van der Waals surface area contributed by atoms with Crippen LogP contribution in [0.1, 0.15) is 18.6 Å². The topological polar surface area (TPSA) is 55.1 Å². The second kappa shape index (κ2) is 6.26. The summed E-state index contributed by atoms with van der Waals surface area (Å²) in [7, 11) is 0. The Balaban J connectivity index is 1.35. The molecule has 3 heterocycles. The number of hydrogen-bond acceptors (Lipinski definition) is 5. The fourth-order valence-electron chi connectivity index (χ4n) is 3.20. The molecule has 2 saturated heterocycles. The summed E-state index contributed by atoms with van der Waals surface area (Å²) in [5.41, 5.74) is 0.356. The molecule has 2 aliphatic heterocycles. The molecular weight excluding hydrogens is 258 g/mol. The van der Waals surface area contributed by atoms with Crippen LogP contribution in [0.15, 0.2) is 22.8 Å². The third-order valence-electron chi connectivity index (χ3n) is 4.31. The van der Waals surface area contributed by atoms with E-state index in [1.165, 1.54) is 6.42 Å². The summed E-state index contributed by atoms with van der Waals surface area (Å²) in [5.74, 6) is 0.792. The van der Waals surface area contributed by atoms with Crippen LogP contribution in [-0.4, -0.2) is 55.6 Å². The van der Waals surface area contributed by atoms with Gasteiger partial charge in [-0.25, -0.2) is 0 Å². The fourth-order valence-corrected chi connectivity index (χ4v) is 3.20. The minimum atomic E-state index is -0.442. The van der Waals surface area contributed by atoms with Crippen molar-refractivity contribution in [3.8, 4) is 0 Å². The van der Waals surface area contributed by atoms with Crippen LogP contribution in [0.5, 0.6) is 0 Å². The second-order valence-corrected chi connectivity index (χ2v) is 6.04. The molecule has 2 aliphatic rings. The lowest BCUT2D eigenvalue weighted by molar-refractivity contribution is 0.00668. The molecule has 0 aliphatic carbocycles. The van der Waals surface area contributed by atoms with E-state index < -0.39 is 6.10 Å². The van der Waals surface area contributed by atoms with Gasteiger partial charge in [-0.2, -0.15) is 0 Å². The van der Waals surface area contributed by atoms with E-state index in [2.05, 4.69) is 4.90 Å². The molecule has 1 N–H and O–H groups in total. The van der Waals surface area contributed by atoms with Crippen molar-refractivity contribution in [3.05, 3.63) is 24.2 Å². The Morgan fingerprint density at radius 1 is 1.45 bits per heavy atom. The number of aliphatic hydroxyl groups excluding tert-OH is 1. The van der Waals surface area contributed by atoms with E-state index in [0.717, 1.165) is 38.5 Å². The highest BCUT2D eigenvalue weighted by atomic mass is 16.5. The first-order valence-electron chi connectivity index (χ1n) is 7.34. The molecule has 0 saturated carbocycles. The van der Waals surface area contributed by atoms with E-state index >= 15 is 0 Å². The Hall–Kier alpha value is -0.880. The van der Waals surface area contributed by atoms with Crippen molar-refractivity contribution in [1.82, 2.24) is 4.90 Å². The molecule has 2 unspecified atom stereocenters. The van der Waals surface area contributed by atoms with Crippen LogP contribution in [0.25, 0.3) is 0 Å². The Morgan fingerprint density at radius 2 is 2.40 bits per heavy atom. The average Bonchev–Trinajstić information content (AvgIpc) is 3.14. The molecule has 5 nitrogen and oxygen atoms in total. The van der Waals surface area contributed by atoms with E-state index in [1.54, 1.807) is 6.26 Å². The first kappa shape index (κ1) is 14.1. The lowest BCUT2D eigenvalue weighted by Gasteiger charge is -2.23. The van der Waals surface area contributed by atoms with Gasteiger partial charge in [-0.1, -0.05) is 0 Å². The molecule has 0 radical (unpaired) electrons. The summed E-state index contributed by atoms with van der Waals surface area (Å²) < 4.78 is 16.2. The molecule has 3 rings (SSSR count). The van der Waals surface area contributed by atoms with Gasteiger partial charge in [0.15, 0.2) is 0 Å². The number of aliphatic hydroxyl groups is 1. The molecule has 20 heavy (non-hydrogen) atoms. The lowest BCUT2D eigenvalue weighted by atomic mass is 9.87. The minimum absolute atomic E-state index is 0.348. The van der Waals surface area contributed by atoms with Crippen molar-refractivity contribution in [2.24, 2.45) is 5.41 Å². The van der Waals surface area contributed by atoms with Crippen LogP contribution in [-0.2, 0) is 16.1 Å². The molecule has 1 aromatic rings. The SMILES string of the molecule is OC(COCc1ccco1)CN1CCC2(CCOC2)C1. The van der Waals surface area contributed by atoms with Gasteiger partial charge in [-0.15, -0.1) is 0 Å². The van der Waals surface area contributed by atoms with Gasteiger partial charge in [0, 0.05) is 25.1 Å². The molecule has 0 aromatic carbocycles. The lowest BCUT2D eigenvalue weighted by Crippen LogP contribution is -2.35. The Morgan fingerprint density at radius 3 is 3.15 bits per heavy atom. The van der Waals surface area contributed by atoms with Gasteiger partial charge in [0.05, 0.1) is 25.6 Å². The summed E-state index contributed by atoms with van der Waals surface area (Å²) in [5, 5.41) is 10.0. The zero-order valence-electron chi connectivity index (χ0n) is 11.8. The zero-order valence-corrected chi connectivity index (χ0v) is 11.8. The van der Waals surface area contributed by atoms with Crippen molar-refractivity contribution in [3.63, 3.8) is 0 Å². The van der Waals surface area contributed by atoms with Gasteiger partial charge in [0.1, 0.15) is 12.4 Å². The molecule has 1 spiro atoms. The van der Waals surface area contributed by atoms with Gasteiger partial charge in [-0.05, 0) is 31.5 Å². The third-order valence-corrected chi connectivity index (χ3v) is 4.31. The Kier molecular flexibility index (Phi) is 4.41. The van der Waals surface area contributed by atoms with Crippen molar-refractivity contribution in [2.45, 2.75) is 25.6 Å². The standard InChI is InChI=1S/C15H23NO4/c17-13(9-19-10-14-2-1-6-20-14)8-16-5-3-15(11-16)4-7-18-12-15/h1-2,6,13,17H,3-5,7-12H2. The third kappa shape index (κ3) is 3.41. The molecule has 2 fully saturated rings. The average molecular weight is 281 g/mol. The van der Waals surface area contributed by atoms with Gasteiger partial charge in [0.2, 0.25) is 0 Å². The maximum Gasteiger partial charge on any atom is 0.129 e. The van der Waals surface area contributed by atoms with Crippen molar-refractivity contribution in [2.75, 3.05) is 39.5 Å². The molecule has 2 atom stereocenters. The first-order valence-corrected chi connectivity index (χ1v) is 7.34. The number of furan rings is 1. The molecule has 112 valence electrons. The van der Waals surface area contributed by atoms with Gasteiger partial charge in [0.25, 0.3) is 0 Å². The number of rotatable bonds is 6. The van der Waals surface area contributed by atoms with Crippen LogP contribution >= 0.6 is 0 Å². The molecular formula is C15H23NO4. The van der Waals surface area contributed by atoms with Gasteiger partial charge in [-0.3, -0.25) is 0 Å². The Labute approximate surface area is 119 Å². The second-order valence-electron chi connectivity index (χ2n) is 6.04. The predicted octanol–water partition coefficient (Wildman–Crippen LogP) is 1.27. The molecule has 0 bridgehead atoms. The van der Waals surface area contributed by atoms with Crippen LogP contribution in [0.2, 0.25) is 0 Å². The number of nitrogens with zero attached hydrogens (tertiary/aromatic N) is 1. The number of likely N-dealkylation sites (tertiary alicyclic amines) is 1. The van der Waals surface area contributed by atoms with E-state index in [4.69, 9.17) is 13.9 Å². The smallest absolute Gasteiger partial charge is 0.129 e. The summed E-state index contributed by atoms with van der Waals surface area (Å²) in [6.45, 7) is 5.32. The zero-order chi connectivity index (χ0) is 13.8. The van der Waals surface area contributed by atoms with E-state index in [1.807, 2.05) is 12.1 Å². The first-order chi connectivity index (χ1) is 9.76. The van der Waals surface area contributed by atoms with Crippen molar-refractivity contribution in [1.29, 1.82) is 0 Å². The maximum atomic E-state index is 10.0. The van der Waals surface area contributed by atoms with Crippen molar-refractivity contribution >= 4 is 0 Å². The normalized spacial score (nSPS) is 28.4. The largest absolute Gasteiger partial charge is 0.467 e. The van der Waals surface area contributed by atoms with Crippen LogP contribution in [0.4, 0.5) is 0 Å². The van der Waals surface area contributed by atoms with Crippen LogP contribution < -0.4 is 0 Å². The Bertz CT molecular complexity index is 400. The van der Waals surface area contributed by atoms with Crippen molar-refractivity contribution < 1.29 is 19.0 Å². The fraction of sp³-hybridized carbons (Fsp3) is 0.733. The highest BCUT2D eigenvalue weighted by Crippen LogP contribution is 2.38. The maximum absolute atomic E-state index is 10.0. The number of hydrogen-bond donors (Lipinski definition) is 1. The van der Waals surface area contributed by atoms with E-state index in [9.17, 15) is 5.11 Å². The van der Waals surface area contributed by atoms with Gasteiger partial charge >= 0.3 is 0 Å². The quantitative estimate of drug-likeness (QED) is 0.851. The van der Waals surface area contributed by atoms with E-state index in [0.29, 0.717) is 25.2 Å². The molecule has 0 amide bonds. The predicted molar refractivity (Wildman–Crippen MR) is 73.3 cm³/mol. The van der Waals surface area contributed by atoms with Crippen LogP contribution in [0.3, 0.4) is 0 Å².